The molecule has 0 bridgehead atoms. The molecule has 0 unspecified atom stereocenters. The topological polar surface area (TPSA) is 85.2 Å². The number of nitrogens with zero attached hydrogens (tertiary/aromatic N) is 3. The zero-order chi connectivity index (χ0) is 24.1. The molecule has 8 nitrogen and oxygen atoms in total. The number of cyclic esters (lactones) is 1. The third-order valence-electron chi connectivity index (χ3n) is 5.54. The Bertz CT molecular complexity index is 1180. The summed E-state index contributed by atoms with van der Waals surface area (Å²) in [5.74, 6) is -0.699. The maximum absolute atomic E-state index is 15.0. The lowest BCUT2D eigenvalue weighted by Gasteiger charge is -2.14. The molecule has 0 radical (unpaired) electrons. The molecule has 35 heavy (non-hydrogen) atoms. The fraction of sp³-hybridized carbons (Fsp3) is 0.400. The summed E-state index contributed by atoms with van der Waals surface area (Å²) in [7, 11) is 0. The van der Waals surface area contributed by atoms with Gasteiger partial charge in [0.2, 0.25) is 5.91 Å². The summed E-state index contributed by atoms with van der Waals surface area (Å²) in [5.41, 5.74) is 2.89. The normalized spacial score (nSPS) is 15.2. The molecule has 1 aliphatic heterocycles. The molecule has 2 aromatic heterocycles. The Morgan fingerprint density at radius 1 is 1.29 bits per heavy atom. The molecule has 1 saturated heterocycles. The van der Waals surface area contributed by atoms with Crippen LogP contribution in [0.5, 0.6) is 0 Å². The zero-order valence-corrected chi connectivity index (χ0v) is 18.8. The Morgan fingerprint density at radius 3 is 2.86 bits per heavy atom. The summed E-state index contributed by atoms with van der Waals surface area (Å²) in [4.78, 5) is 29.0. The van der Waals surface area contributed by atoms with Crippen LogP contribution >= 0.6 is 0 Å². The third-order valence-corrected chi connectivity index (χ3v) is 5.54. The first-order valence-electron chi connectivity index (χ1n) is 11.1. The first kappa shape index (κ1) is 26.1. The van der Waals surface area contributed by atoms with E-state index in [9.17, 15) is 14.0 Å². The van der Waals surface area contributed by atoms with Gasteiger partial charge in [-0.15, -0.1) is 0 Å². The minimum Gasteiger partial charge on any atom is -0.442 e. The molecule has 1 atom stereocenters. The first-order valence-corrected chi connectivity index (χ1v) is 11.1. The van der Waals surface area contributed by atoms with E-state index < -0.39 is 18.0 Å². The SMILES string of the molecule is C.CC(=O)NC[C@H]1CN(c2ccc(-c3ccn4c(COCCCCF)cnc4c3)c(F)c2)C(=O)O1. The summed E-state index contributed by atoms with van der Waals surface area (Å²) < 4.78 is 39.9. The fourth-order valence-electron chi connectivity index (χ4n) is 3.79. The van der Waals surface area contributed by atoms with Crippen LogP contribution in [0.4, 0.5) is 19.3 Å². The van der Waals surface area contributed by atoms with Crippen LogP contribution in [0.1, 0.15) is 32.9 Å². The van der Waals surface area contributed by atoms with Crippen LogP contribution < -0.4 is 10.2 Å². The largest absolute Gasteiger partial charge is 0.442 e. The zero-order valence-electron chi connectivity index (χ0n) is 18.8. The highest BCUT2D eigenvalue weighted by Gasteiger charge is 2.32. The Hall–Kier alpha value is -3.53. The number of unbranched alkanes of at least 4 members (excludes halogenated alkanes) is 1. The van der Waals surface area contributed by atoms with Crippen molar-refractivity contribution in [1.29, 1.82) is 0 Å². The van der Waals surface area contributed by atoms with E-state index in [-0.39, 0.29) is 33.1 Å². The maximum Gasteiger partial charge on any atom is 0.414 e. The molecule has 1 N–H and O–H groups in total. The number of carbonyl (C=O) groups excluding carboxylic acids is 2. The van der Waals surface area contributed by atoms with E-state index in [1.165, 1.54) is 17.9 Å². The molecule has 0 spiro atoms. The van der Waals surface area contributed by atoms with Crippen molar-refractivity contribution < 1.29 is 27.8 Å². The van der Waals surface area contributed by atoms with Gasteiger partial charge in [0.05, 0.1) is 43.9 Å². The quantitative estimate of drug-likeness (QED) is 0.425. The Kier molecular flexibility index (Phi) is 8.75. The highest BCUT2D eigenvalue weighted by atomic mass is 19.1. The lowest BCUT2D eigenvalue weighted by atomic mass is 10.1. The van der Waals surface area contributed by atoms with Gasteiger partial charge in [0.1, 0.15) is 17.6 Å². The number of amides is 2. The van der Waals surface area contributed by atoms with Crippen LogP contribution in [-0.4, -0.2) is 53.9 Å². The molecule has 1 aliphatic rings. The van der Waals surface area contributed by atoms with Crippen LogP contribution in [-0.2, 0) is 20.9 Å². The number of halogens is 2. The first-order chi connectivity index (χ1) is 16.5. The van der Waals surface area contributed by atoms with Gasteiger partial charge in [0, 0.05) is 25.3 Å². The number of ether oxygens (including phenoxy) is 2. The minimum atomic E-state index is -0.583. The summed E-state index contributed by atoms with van der Waals surface area (Å²) in [5, 5.41) is 2.61. The number of aromatic nitrogens is 2. The van der Waals surface area contributed by atoms with Crippen LogP contribution in [0.2, 0.25) is 0 Å². The maximum atomic E-state index is 15.0. The van der Waals surface area contributed by atoms with Crippen molar-refractivity contribution in [3.63, 3.8) is 0 Å². The number of imidazole rings is 1. The standard InChI is InChI=1S/C24H26F2N4O4.CH4/c1-16(31)27-13-20-14-30(24(32)34-20)18-4-5-21(22(26)11-18)17-6-8-29-19(12-28-23(29)10-17)15-33-9-3-2-7-25;/h4-6,8,10-12,20H,2-3,7,9,13-15H2,1H3,(H,27,31);1H4/t20-;/m0./s1. The van der Waals surface area contributed by atoms with E-state index in [1.807, 2.05) is 4.40 Å². The van der Waals surface area contributed by atoms with Gasteiger partial charge in [0.15, 0.2) is 0 Å². The number of hydrogen-bond acceptors (Lipinski definition) is 5. The van der Waals surface area contributed by atoms with Crippen molar-refractivity contribution >= 4 is 23.3 Å². The van der Waals surface area contributed by atoms with Gasteiger partial charge in [-0.2, -0.15) is 0 Å². The molecule has 188 valence electrons. The smallest absolute Gasteiger partial charge is 0.414 e. The molecule has 3 heterocycles. The van der Waals surface area contributed by atoms with Crippen molar-refractivity contribution in [1.82, 2.24) is 14.7 Å². The summed E-state index contributed by atoms with van der Waals surface area (Å²) in [6, 6.07) is 8.13. The number of fused-ring (bicyclic) bond motifs is 1. The minimum absolute atomic E-state index is 0. The predicted octanol–water partition coefficient (Wildman–Crippen LogP) is 4.50. The van der Waals surface area contributed by atoms with E-state index in [2.05, 4.69) is 10.3 Å². The molecule has 4 rings (SSSR count). The molecule has 10 heteroatoms. The molecule has 0 aliphatic carbocycles. The number of hydrogen-bond donors (Lipinski definition) is 1. The lowest BCUT2D eigenvalue weighted by Crippen LogP contribution is -2.33. The Morgan fingerprint density at radius 2 is 2.11 bits per heavy atom. The third kappa shape index (κ3) is 6.13. The van der Waals surface area contributed by atoms with Gasteiger partial charge in [-0.3, -0.25) is 14.1 Å². The second kappa shape index (κ2) is 11.7. The monoisotopic (exact) mass is 488 g/mol. The van der Waals surface area contributed by atoms with Crippen molar-refractivity contribution in [3.05, 3.63) is 54.2 Å². The number of anilines is 1. The van der Waals surface area contributed by atoms with Gasteiger partial charge >= 0.3 is 6.09 Å². The van der Waals surface area contributed by atoms with Gasteiger partial charge < -0.3 is 19.2 Å². The highest BCUT2D eigenvalue weighted by Crippen LogP contribution is 2.29. The van der Waals surface area contributed by atoms with Crippen molar-refractivity contribution in [2.45, 2.75) is 39.9 Å². The number of alkyl halides is 1. The molecule has 2 amide bonds. The van der Waals surface area contributed by atoms with Gasteiger partial charge in [-0.05, 0) is 48.7 Å². The van der Waals surface area contributed by atoms with E-state index in [4.69, 9.17) is 9.47 Å². The Labute approximate surface area is 202 Å². The second-order valence-corrected chi connectivity index (χ2v) is 8.06. The number of carbonyl (C=O) groups is 2. The number of nitrogens with one attached hydrogen (secondary N) is 1. The van der Waals surface area contributed by atoms with Crippen LogP contribution in [0, 0.1) is 5.82 Å². The predicted molar refractivity (Wildman–Crippen MR) is 128 cm³/mol. The average Bonchev–Trinajstić information content (AvgIpc) is 3.40. The lowest BCUT2D eigenvalue weighted by molar-refractivity contribution is -0.119. The van der Waals surface area contributed by atoms with Crippen molar-refractivity contribution in [3.8, 4) is 11.1 Å². The van der Waals surface area contributed by atoms with E-state index in [0.29, 0.717) is 48.5 Å². The fourth-order valence-corrected chi connectivity index (χ4v) is 3.79. The number of pyridine rings is 1. The summed E-state index contributed by atoms with van der Waals surface area (Å²) in [6.07, 6.45) is 3.57. The van der Waals surface area contributed by atoms with Gasteiger partial charge in [-0.1, -0.05) is 7.43 Å². The molecule has 1 aromatic carbocycles. The molecular weight excluding hydrogens is 458 g/mol. The Balaban J connectivity index is 0.00000342. The van der Waals surface area contributed by atoms with Crippen LogP contribution in [0.15, 0.2) is 42.7 Å². The van der Waals surface area contributed by atoms with Crippen molar-refractivity contribution in [2.24, 2.45) is 0 Å². The summed E-state index contributed by atoms with van der Waals surface area (Å²) in [6.45, 7) is 2.29. The van der Waals surface area contributed by atoms with Crippen LogP contribution in [0.3, 0.4) is 0 Å². The average molecular weight is 489 g/mol. The van der Waals surface area contributed by atoms with Crippen LogP contribution in [0.25, 0.3) is 16.8 Å². The molecular formula is C25H30F2N4O4. The highest BCUT2D eigenvalue weighted by molar-refractivity contribution is 5.90. The van der Waals surface area contributed by atoms with Gasteiger partial charge in [0.25, 0.3) is 0 Å². The van der Waals surface area contributed by atoms with Crippen molar-refractivity contribution in [2.75, 3.05) is 31.3 Å². The second-order valence-electron chi connectivity index (χ2n) is 8.06. The van der Waals surface area contributed by atoms with Gasteiger partial charge in [-0.25, -0.2) is 14.2 Å². The number of rotatable bonds is 10. The molecule has 1 fully saturated rings. The van der Waals surface area contributed by atoms with E-state index in [1.54, 1.807) is 36.7 Å². The van der Waals surface area contributed by atoms with E-state index in [0.717, 1.165) is 5.69 Å². The molecule has 3 aromatic rings. The molecule has 0 saturated carbocycles. The van der Waals surface area contributed by atoms with E-state index >= 15 is 4.39 Å². The number of benzene rings is 1. The summed E-state index contributed by atoms with van der Waals surface area (Å²) >= 11 is 0.